The molecule has 0 radical (unpaired) electrons. The first-order valence-electron chi connectivity index (χ1n) is 4.72. The largest absolute Gasteiger partial charge is 0.396 e. The third-order valence-electron chi connectivity index (χ3n) is 2.40. The van der Waals surface area contributed by atoms with Gasteiger partial charge in [-0.1, -0.05) is 17.7 Å². The number of aromatic nitrogens is 2. The monoisotopic (exact) mass is 225 g/mol. The molecule has 0 saturated carbocycles. The van der Waals surface area contributed by atoms with Gasteiger partial charge in [0.1, 0.15) is 5.15 Å². The van der Waals surface area contributed by atoms with Crippen LogP contribution in [0.5, 0.6) is 0 Å². The molecule has 1 unspecified atom stereocenters. The van der Waals surface area contributed by atoms with Gasteiger partial charge in [-0.3, -0.25) is 5.10 Å². The number of fused-ring (bicyclic) bond motifs is 1. The van der Waals surface area contributed by atoms with E-state index in [9.17, 15) is 0 Å². The van der Waals surface area contributed by atoms with Crippen molar-refractivity contribution < 1.29 is 5.11 Å². The lowest BCUT2D eigenvalue weighted by molar-refractivity contribution is 0.276. The number of benzene rings is 1. The first-order chi connectivity index (χ1) is 7.22. The summed E-state index contributed by atoms with van der Waals surface area (Å²) < 4.78 is 0. The molecule has 0 spiro atoms. The fraction of sp³-hybridized carbons (Fsp3) is 0.300. The molecule has 1 atom stereocenters. The van der Waals surface area contributed by atoms with Crippen LogP contribution in [0.2, 0.25) is 5.15 Å². The molecule has 5 heteroatoms. The molecule has 15 heavy (non-hydrogen) atoms. The minimum Gasteiger partial charge on any atom is -0.396 e. The molecule has 0 amide bonds. The van der Waals surface area contributed by atoms with E-state index in [0.717, 1.165) is 16.5 Å². The van der Waals surface area contributed by atoms with E-state index in [2.05, 4.69) is 10.2 Å². The van der Waals surface area contributed by atoms with Gasteiger partial charge < -0.3 is 10.8 Å². The number of rotatable bonds is 3. The average Bonchev–Trinajstić information content (AvgIpc) is 2.60. The van der Waals surface area contributed by atoms with Crippen LogP contribution in [0.4, 0.5) is 0 Å². The Morgan fingerprint density at radius 3 is 3.07 bits per heavy atom. The van der Waals surface area contributed by atoms with Crippen LogP contribution < -0.4 is 5.73 Å². The van der Waals surface area contributed by atoms with E-state index in [1.165, 1.54) is 0 Å². The number of hydrogen-bond acceptors (Lipinski definition) is 3. The molecule has 0 bridgehead atoms. The zero-order valence-electron chi connectivity index (χ0n) is 8.07. The Balaban J connectivity index is 2.38. The lowest BCUT2D eigenvalue weighted by Crippen LogP contribution is -2.11. The third kappa shape index (κ3) is 1.97. The smallest absolute Gasteiger partial charge is 0.132 e. The van der Waals surface area contributed by atoms with Crippen LogP contribution in [-0.4, -0.2) is 21.9 Å². The molecule has 0 aliphatic rings. The highest BCUT2D eigenvalue weighted by Gasteiger charge is 2.08. The molecule has 4 N–H and O–H groups in total. The van der Waals surface area contributed by atoms with Crippen LogP contribution in [0.25, 0.3) is 10.9 Å². The molecule has 1 aromatic heterocycles. The third-order valence-corrected chi connectivity index (χ3v) is 2.69. The fourth-order valence-electron chi connectivity index (χ4n) is 1.53. The van der Waals surface area contributed by atoms with E-state index in [-0.39, 0.29) is 12.6 Å². The van der Waals surface area contributed by atoms with Gasteiger partial charge in [-0.15, -0.1) is 0 Å². The van der Waals surface area contributed by atoms with Crippen molar-refractivity contribution in [2.24, 2.45) is 5.73 Å². The molecule has 0 fully saturated rings. The highest BCUT2D eigenvalue weighted by atomic mass is 35.5. The summed E-state index contributed by atoms with van der Waals surface area (Å²) in [7, 11) is 0. The van der Waals surface area contributed by atoms with E-state index < -0.39 is 0 Å². The lowest BCUT2D eigenvalue weighted by atomic mass is 10.0. The number of halogens is 1. The number of nitrogens with zero attached hydrogens (tertiary/aromatic N) is 1. The SMILES string of the molecule is NC(CCO)c1ccc2c(Cl)[nH]nc2c1. The first kappa shape index (κ1) is 10.4. The summed E-state index contributed by atoms with van der Waals surface area (Å²) in [5.41, 5.74) is 7.63. The predicted molar refractivity (Wildman–Crippen MR) is 59.7 cm³/mol. The van der Waals surface area contributed by atoms with Crippen LogP contribution in [-0.2, 0) is 0 Å². The number of aliphatic hydroxyl groups is 1. The van der Waals surface area contributed by atoms with E-state index >= 15 is 0 Å². The second-order valence-electron chi connectivity index (χ2n) is 3.43. The molecule has 0 aliphatic heterocycles. The molecule has 2 aromatic rings. The number of H-pyrrole nitrogens is 1. The van der Waals surface area contributed by atoms with Crippen LogP contribution in [0, 0.1) is 0 Å². The predicted octanol–water partition coefficient (Wildman–Crippen LogP) is 1.60. The van der Waals surface area contributed by atoms with Crippen molar-refractivity contribution in [3.63, 3.8) is 0 Å². The molecule has 4 nitrogen and oxygen atoms in total. The van der Waals surface area contributed by atoms with Crippen molar-refractivity contribution in [3.05, 3.63) is 28.9 Å². The van der Waals surface area contributed by atoms with Gasteiger partial charge in [0.05, 0.1) is 5.52 Å². The van der Waals surface area contributed by atoms with Gasteiger partial charge in [-0.05, 0) is 24.1 Å². The number of aliphatic hydroxyl groups excluding tert-OH is 1. The Kier molecular flexibility index (Phi) is 2.90. The highest BCUT2D eigenvalue weighted by Crippen LogP contribution is 2.24. The van der Waals surface area contributed by atoms with Gasteiger partial charge in [0.2, 0.25) is 0 Å². The molecule has 1 aromatic carbocycles. The number of hydrogen-bond donors (Lipinski definition) is 3. The average molecular weight is 226 g/mol. The summed E-state index contributed by atoms with van der Waals surface area (Å²) in [5, 5.41) is 17.0. The standard InChI is InChI=1S/C10H12ClN3O/c11-10-7-2-1-6(8(12)3-4-15)5-9(7)13-14-10/h1-2,5,8,15H,3-4,12H2,(H,13,14). The summed E-state index contributed by atoms with van der Waals surface area (Å²) >= 11 is 5.88. The molecule has 0 saturated heterocycles. The Morgan fingerprint density at radius 2 is 2.33 bits per heavy atom. The minimum atomic E-state index is -0.158. The fourth-order valence-corrected chi connectivity index (χ4v) is 1.73. The van der Waals surface area contributed by atoms with Crippen molar-refractivity contribution in [3.8, 4) is 0 Å². The second kappa shape index (κ2) is 4.18. The first-order valence-corrected chi connectivity index (χ1v) is 5.10. The lowest BCUT2D eigenvalue weighted by Gasteiger charge is -2.09. The van der Waals surface area contributed by atoms with Crippen LogP contribution in [0.3, 0.4) is 0 Å². The zero-order chi connectivity index (χ0) is 10.8. The Morgan fingerprint density at radius 1 is 1.53 bits per heavy atom. The topological polar surface area (TPSA) is 74.9 Å². The highest BCUT2D eigenvalue weighted by molar-refractivity contribution is 6.34. The van der Waals surface area contributed by atoms with Crippen molar-refractivity contribution in [2.75, 3.05) is 6.61 Å². The van der Waals surface area contributed by atoms with Crippen molar-refractivity contribution in [1.82, 2.24) is 10.2 Å². The molecule has 80 valence electrons. The molecule has 0 aliphatic carbocycles. The van der Waals surface area contributed by atoms with Crippen molar-refractivity contribution in [2.45, 2.75) is 12.5 Å². The van der Waals surface area contributed by atoms with Gasteiger partial charge in [-0.25, -0.2) is 0 Å². The summed E-state index contributed by atoms with van der Waals surface area (Å²) in [6.45, 7) is 0.0839. The Hall–Kier alpha value is -1.10. The van der Waals surface area contributed by atoms with Gasteiger partial charge in [0.25, 0.3) is 0 Å². The summed E-state index contributed by atoms with van der Waals surface area (Å²) in [6.07, 6.45) is 0.545. The van der Waals surface area contributed by atoms with Crippen LogP contribution in [0.15, 0.2) is 18.2 Å². The molecule has 2 rings (SSSR count). The number of aromatic amines is 1. The maximum absolute atomic E-state index is 8.79. The normalized spacial score (nSPS) is 13.3. The van der Waals surface area contributed by atoms with E-state index in [1.807, 2.05) is 18.2 Å². The summed E-state index contributed by atoms with van der Waals surface area (Å²) in [4.78, 5) is 0. The number of nitrogens with two attached hydrogens (primary N) is 1. The second-order valence-corrected chi connectivity index (χ2v) is 3.81. The van der Waals surface area contributed by atoms with Crippen molar-refractivity contribution in [1.29, 1.82) is 0 Å². The number of nitrogens with one attached hydrogen (secondary N) is 1. The maximum Gasteiger partial charge on any atom is 0.132 e. The maximum atomic E-state index is 8.79. The molecular formula is C10H12ClN3O. The summed E-state index contributed by atoms with van der Waals surface area (Å²) in [5.74, 6) is 0. The zero-order valence-corrected chi connectivity index (χ0v) is 8.83. The van der Waals surface area contributed by atoms with E-state index in [4.69, 9.17) is 22.4 Å². The summed E-state index contributed by atoms with van der Waals surface area (Å²) in [6, 6.07) is 5.52. The van der Waals surface area contributed by atoms with Gasteiger partial charge in [0, 0.05) is 18.0 Å². The van der Waals surface area contributed by atoms with E-state index in [0.29, 0.717) is 11.6 Å². The van der Waals surface area contributed by atoms with Crippen LogP contribution in [0.1, 0.15) is 18.0 Å². The quantitative estimate of drug-likeness (QED) is 0.743. The van der Waals surface area contributed by atoms with Crippen LogP contribution >= 0.6 is 11.6 Å². The van der Waals surface area contributed by atoms with E-state index in [1.54, 1.807) is 0 Å². The Bertz CT molecular complexity index is 469. The van der Waals surface area contributed by atoms with Gasteiger partial charge in [0.15, 0.2) is 0 Å². The molecular weight excluding hydrogens is 214 g/mol. The van der Waals surface area contributed by atoms with Crippen molar-refractivity contribution >= 4 is 22.5 Å². The molecule has 1 heterocycles. The van der Waals surface area contributed by atoms with Gasteiger partial charge >= 0.3 is 0 Å². The Labute approximate surface area is 92.0 Å². The van der Waals surface area contributed by atoms with Gasteiger partial charge in [-0.2, -0.15) is 5.10 Å². The minimum absolute atomic E-state index is 0.0839.